The second-order valence-electron chi connectivity index (χ2n) is 7.58. The molecule has 1 saturated heterocycles. The maximum atomic E-state index is 12.8. The van der Waals surface area contributed by atoms with Crippen molar-refractivity contribution in [3.63, 3.8) is 0 Å². The first kappa shape index (κ1) is 15.5. The third-order valence-electron chi connectivity index (χ3n) is 5.32. The Balaban J connectivity index is 1.60. The Morgan fingerprint density at radius 1 is 1.25 bits per heavy atom. The van der Waals surface area contributed by atoms with Gasteiger partial charge in [0.2, 0.25) is 6.10 Å². The number of ether oxygens (including phenoxy) is 3. The highest BCUT2D eigenvalue weighted by Gasteiger charge is 2.47. The number of hydrogen-bond donors (Lipinski definition) is 0. The molecule has 2 aliphatic heterocycles. The lowest BCUT2D eigenvalue weighted by Crippen LogP contribution is -2.37. The van der Waals surface area contributed by atoms with Crippen molar-refractivity contribution in [1.29, 1.82) is 0 Å². The highest BCUT2D eigenvalue weighted by atomic mass is 16.6. The molecule has 1 aromatic carbocycles. The summed E-state index contributed by atoms with van der Waals surface area (Å²) in [5, 5.41) is 0. The number of esters is 2. The van der Waals surface area contributed by atoms with Crippen LogP contribution in [-0.2, 0) is 31.9 Å². The molecule has 0 saturated carbocycles. The zero-order valence-corrected chi connectivity index (χ0v) is 14.1. The molecule has 0 amide bonds. The minimum Gasteiger partial charge on any atom is -0.493 e. The Morgan fingerprint density at radius 2 is 2.08 bits per heavy atom. The fourth-order valence-corrected chi connectivity index (χ4v) is 3.93. The van der Waals surface area contributed by atoms with Gasteiger partial charge in [0.1, 0.15) is 12.4 Å². The second-order valence-corrected chi connectivity index (χ2v) is 7.58. The van der Waals surface area contributed by atoms with Crippen LogP contribution in [0.25, 0.3) is 0 Å². The molecule has 5 heteroatoms. The summed E-state index contributed by atoms with van der Waals surface area (Å²) in [7, 11) is 0. The van der Waals surface area contributed by atoms with Crippen LogP contribution < -0.4 is 4.74 Å². The molecular formula is C19H22O5. The number of hydrogen-bond acceptors (Lipinski definition) is 5. The fraction of sp³-hybridized carbons (Fsp3) is 0.579. The molecule has 0 spiro atoms. The van der Waals surface area contributed by atoms with Crippen LogP contribution in [0.1, 0.15) is 49.3 Å². The number of rotatable bonds is 2. The average Bonchev–Trinajstić information content (AvgIpc) is 3.14. The first-order valence-electron chi connectivity index (χ1n) is 8.62. The number of carbonyl (C=O) groups is 2. The highest BCUT2D eigenvalue weighted by molar-refractivity contribution is 5.85. The van der Waals surface area contributed by atoms with Gasteiger partial charge in [-0.15, -0.1) is 0 Å². The van der Waals surface area contributed by atoms with Crippen LogP contribution in [0.4, 0.5) is 0 Å². The minimum atomic E-state index is -0.818. The fourth-order valence-electron chi connectivity index (χ4n) is 3.93. The topological polar surface area (TPSA) is 61.8 Å². The van der Waals surface area contributed by atoms with Gasteiger partial charge in [0.05, 0.1) is 12.5 Å². The number of benzene rings is 1. The van der Waals surface area contributed by atoms with E-state index in [0.717, 1.165) is 42.6 Å². The van der Waals surface area contributed by atoms with E-state index in [2.05, 4.69) is 6.07 Å². The summed E-state index contributed by atoms with van der Waals surface area (Å²) in [6.45, 7) is 4.76. The van der Waals surface area contributed by atoms with Crippen LogP contribution in [-0.4, -0.2) is 31.3 Å². The summed E-state index contributed by atoms with van der Waals surface area (Å²) in [6, 6.07) is 4.09. The standard InChI is InChI=1S/C19H22O5/c1-19(2)10-23-18(21)16(19)24-17(20)14-5-3-4-13-12(14)7-6-11-8-9-22-15(11)13/h6-7,14,16H,3-5,8-10H2,1-2H3/t14-,16+/m1/s1. The maximum absolute atomic E-state index is 12.8. The van der Waals surface area contributed by atoms with Crippen LogP contribution in [0, 0.1) is 5.41 Å². The summed E-state index contributed by atoms with van der Waals surface area (Å²) in [6.07, 6.45) is 2.71. The molecule has 0 radical (unpaired) electrons. The molecule has 128 valence electrons. The lowest BCUT2D eigenvalue weighted by molar-refractivity contribution is -0.164. The lowest BCUT2D eigenvalue weighted by atomic mass is 9.81. The van der Waals surface area contributed by atoms with Gasteiger partial charge in [-0.3, -0.25) is 4.79 Å². The summed E-state index contributed by atoms with van der Waals surface area (Å²) in [5.74, 6) is -0.134. The zero-order chi connectivity index (χ0) is 16.9. The summed E-state index contributed by atoms with van der Waals surface area (Å²) in [4.78, 5) is 24.7. The van der Waals surface area contributed by atoms with Crippen molar-refractivity contribution >= 4 is 11.9 Å². The largest absolute Gasteiger partial charge is 0.493 e. The number of fused-ring (bicyclic) bond motifs is 3. The van der Waals surface area contributed by atoms with Crippen LogP contribution in [0.5, 0.6) is 5.75 Å². The van der Waals surface area contributed by atoms with Crippen LogP contribution in [0.3, 0.4) is 0 Å². The van der Waals surface area contributed by atoms with E-state index in [1.807, 2.05) is 19.9 Å². The Hall–Kier alpha value is -2.04. The van der Waals surface area contributed by atoms with Crippen molar-refractivity contribution in [2.24, 2.45) is 5.41 Å². The Labute approximate surface area is 141 Å². The Kier molecular flexibility index (Phi) is 3.55. The maximum Gasteiger partial charge on any atom is 0.348 e. The molecule has 1 aliphatic carbocycles. The highest BCUT2D eigenvalue weighted by Crippen LogP contribution is 2.42. The van der Waals surface area contributed by atoms with Gasteiger partial charge in [-0.1, -0.05) is 26.0 Å². The monoisotopic (exact) mass is 330 g/mol. The third-order valence-corrected chi connectivity index (χ3v) is 5.32. The zero-order valence-electron chi connectivity index (χ0n) is 14.1. The predicted molar refractivity (Wildman–Crippen MR) is 85.9 cm³/mol. The molecular weight excluding hydrogens is 308 g/mol. The smallest absolute Gasteiger partial charge is 0.348 e. The normalized spacial score (nSPS) is 27.0. The van der Waals surface area contributed by atoms with E-state index in [9.17, 15) is 9.59 Å². The van der Waals surface area contributed by atoms with E-state index in [1.165, 1.54) is 5.56 Å². The molecule has 0 bridgehead atoms. The first-order valence-corrected chi connectivity index (χ1v) is 8.62. The molecule has 2 atom stereocenters. The van der Waals surface area contributed by atoms with Crippen LogP contribution in [0.2, 0.25) is 0 Å². The van der Waals surface area contributed by atoms with Crippen LogP contribution in [0.15, 0.2) is 12.1 Å². The van der Waals surface area contributed by atoms with E-state index >= 15 is 0 Å². The average molecular weight is 330 g/mol. The molecule has 2 heterocycles. The van der Waals surface area contributed by atoms with Crippen molar-refractivity contribution < 1.29 is 23.8 Å². The molecule has 0 aromatic heterocycles. The van der Waals surface area contributed by atoms with Gasteiger partial charge in [0.15, 0.2) is 0 Å². The van der Waals surface area contributed by atoms with Gasteiger partial charge < -0.3 is 14.2 Å². The molecule has 4 rings (SSSR count). The van der Waals surface area contributed by atoms with E-state index in [0.29, 0.717) is 6.61 Å². The summed E-state index contributed by atoms with van der Waals surface area (Å²) >= 11 is 0. The second kappa shape index (κ2) is 5.50. The molecule has 0 N–H and O–H groups in total. The minimum absolute atomic E-state index is 0.284. The molecule has 0 unspecified atom stereocenters. The quantitative estimate of drug-likeness (QED) is 0.780. The SMILES string of the molecule is CC1(C)COC(=O)[C@@H]1OC(=O)[C@@H]1CCCc2c1ccc1c2OCC1. The molecule has 24 heavy (non-hydrogen) atoms. The molecule has 3 aliphatic rings. The number of cyclic esters (lactones) is 1. The number of carbonyl (C=O) groups excluding carboxylic acids is 2. The summed E-state index contributed by atoms with van der Waals surface area (Å²) < 4.78 is 16.4. The Morgan fingerprint density at radius 3 is 2.83 bits per heavy atom. The molecule has 5 nitrogen and oxygen atoms in total. The van der Waals surface area contributed by atoms with Gasteiger partial charge in [-0.2, -0.15) is 0 Å². The van der Waals surface area contributed by atoms with Crippen molar-refractivity contribution in [3.8, 4) is 5.75 Å². The van der Waals surface area contributed by atoms with Gasteiger partial charge in [-0.05, 0) is 36.0 Å². The van der Waals surface area contributed by atoms with E-state index < -0.39 is 17.5 Å². The van der Waals surface area contributed by atoms with Crippen LogP contribution >= 0.6 is 0 Å². The van der Waals surface area contributed by atoms with Gasteiger partial charge in [-0.25, -0.2) is 4.79 Å². The van der Waals surface area contributed by atoms with E-state index in [-0.39, 0.29) is 18.5 Å². The lowest BCUT2D eigenvalue weighted by Gasteiger charge is -2.28. The van der Waals surface area contributed by atoms with Gasteiger partial charge >= 0.3 is 11.9 Å². The van der Waals surface area contributed by atoms with E-state index in [4.69, 9.17) is 14.2 Å². The van der Waals surface area contributed by atoms with Gasteiger partial charge in [0.25, 0.3) is 0 Å². The summed E-state index contributed by atoms with van der Waals surface area (Å²) in [5.41, 5.74) is 2.89. The van der Waals surface area contributed by atoms with E-state index in [1.54, 1.807) is 0 Å². The first-order chi connectivity index (χ1) is 11.5. The van der Waals surface area contributed by atoms with Crippen molar-refractivity contribution in [3.05, 3.63) is 28.8 Å². The molecule has 1 fully saturated rings. The van der Waals surface area contributed by atoms with Crippen molar-refractivity contribution in [2.75, 3.05) is 13.2 Å². The van der Waals surface area contributed by atoms with Gasteiger partial charge in [0, 0.05) is 11.8 Å². The third kappa shape index (κ3) is 2.38. The van der Waals surface area contributed by atoms with Crippen molar-refractivity contribution in [1.82, 2.24) is 0 Å². The van der Waals surface area contributed by atoms with Crippen molar-refractivity contribution in [2.45, 2.75) is 51.6 Å². The predicted octanol–water partition coefficient (Wildman–Crippen LogP) is 2.54. The Bertz CT molecular complexity index is 706. The molecule has 1 aromatic rings.